The molecule has 4 nitrogen and oxygen atoms in total. The molecule has 2 heterocycles. The van der Waals surface area contributed by atoms with Crippen molar-refractivity contribution in [2.75, 3.05) is 13.1 Å². The van der Waals surface area contributed by atoms with Crippen molar-refractivity contribution in [1.29, 1.82) is 0 Å². The molecule has 84 valence electrons. The number of hydrogen-bond donors (Lipinski definition) is 1. The van der Waals surface area contributed by atoms with Crippen LogP contribution in [-0.4, -0.2) is 28.7 Å². The first-order valence-electron chi connectivity index (χ1n) is 5.63. The molecule has 3 rings (SSSR count). The van der Waals surface area contributed by atoms with Gasteiger partial charge in [0.1, 0.15) is 6.10 Å². The summed E-state index contributed by atoms with van der Waals surface area (Å²) in [4.78, 5) is 4.49. The van der Waals surface area contributed by atoms with Gasteiger partial charge in [0.15, 0.2) is 0 Å². The first kappa shape index (κ1) is 9.66. The van der Waals surface area contributed by atoms with Gasteiger partial charge in [-0.05, 0) is 25.1 Å². The normalized spacial score (nSPS) is 20.4. The Bertz CT molecular complexity index is 500. The zero-order chi connectivity index (χ0) is 11.0. The molecule has 0 aliphatic carbocycles. The molecular formula is C12H15N3O. The molecule has 1 fully saturated rings. The Morgan fingerprint density at radius 1 is 1.44 bits per heavy atom. The molecule has 1 atom stereocenters. The molecule has 16 heavy (non-hydrogen) atoms. The number of fused-ring (bicyclic) bond motifs is 1. The third-order valence-corrected chi connectivity index (χ3v) is 3.03. The highest BCUT2D eigenvalue weighted by Gasteiger charge is 2.18. The number of para-hydroxylation sites is 2. The molecule has 1 saturated heterocycles. The van der Waals surface area contributed by atoms with E-state index < -0.39 is 0 Å². The van der Waals surface area contributed by atoms with Gasteiger partial charge in [0.05, 0.1) is 11.0 Å². The van der Waals surface area contributed by atoms with Crippen LogP contribution < -0.4 is 10.1 Å². The zero-order valence-electron chi connectivity index (χ0n) is 9.31. The van der Waals surface area contributed by atoms with Crippen LogP contribution >= 0.6 is 0 Å². The molecule has 1 aliphatic heterocycles. The standard InChI is InChI=1S/C12H15N3O/c1-15-11-5-3-2-4-10(11)14-12(15)16-9-6-7-13-8-9/h2-5,9,13H,6-8H2,1H3. The van der Waals surface area contributed by atoms with Gasteiger partial charge >= 0.3 is 0 Å². The van der Waals surface area contributed by atoms with Crippen LogP contribution in [0.5, 0.6) is 6.01 Å². The van der Waals surface area contributed by atoms with Crippen LogP contribution in [0.3, 0.4) is 0 Å². The molecule has 1 aromatic carbocycles. The highest BCUT2D eigenvalue weighted by molar-refractivity contribution is 5.76. The van der Waals surface area contributed by atoms with E-state index in [4.69, 9.17) is 4.74 Å². The molecule has 1 aliphatic rings. The van der Waals surface area contributed by atoms with Gasteiger partial charge < -0.3 is 10.1 Å². The lowest BCUT2D eigenvalue weighted by atomic mass is 10.3. The summed E-state index contributed by atoms with van der Waals surface area (Å²) in [5.41, 5.74) is 2.11. The van der Waals surface area contributed by atoms with Crippen molar-refractivity contribution in [1.82, 2.24) is 14.9 Å². The van der Waals surface area contributed by atoms with Crippen LogP contribution in [0.1, 0.15) is 6.42 Å². The fraction of sp³-hybridized carbons (Fsp3) is 0.417. The van der Waals surface area contributed by atoms with E-state index >= 15 is 0 Å². The van der Waals surface area contributed by atoms with Gasteiger partial charge in [-0.1, -0.05) is 12.1 Å². The minimum atomic E-state index is 0.260. The molecule has 2 aromatic rings. The Labute approximate surface area is 94.2 Å². The number of hydrogen-bond acceptors (Lipinski definition) is 3. The van der Waals surface area contributed by atoms with Crippen molar-refractivity contribution in [3.05, 3.63) is 24.3 Å². The predicted octanol–water partition coefficient (Wildman–Crippen LogP) is 1.31. The number of imidazole rings is 1. The second-order valence-electron chi connectivity index (χ2n) is 4.17. The smallest absolute Gasteiger partial charge is 0.297 e. The SMILES string of the molecule is Cn1c(OC2CCNC2)nc2ccccc21. The lowest BCUT2D eigenvalue weighted by molar-refractivity contribution is 0.199. The van der Waals surface area contributed by atoms with Gasteiger partial charge in [-0.15, -0.1) is 0 Å². The second-order valence-corrected chi connectivity index (χ2v) is 4.17. The zero-order valence-corrected chi connectivity index (χ0v) is 9.31. The van der Waals surface area contributed by atoms with E-state index in [0.29, 0.717) is 0 Å². The Hall–Kier alpha value is -1.55. The second kappa shape index (κ2) is 3.79. The van der Waals surface area contributed by atoms with E-state index in [1.807, 2.05) is 29.8 Å². The predicted molar refractivity (Wildman–Crippen MR) is 62.6 cm³/mol. The van der Waals surface area contributed by atoms with Crippen molar-refractivity contribution in [3.8, 4) is 6.01 Å². The van der Waals surface area contributed by atoms with Crippen molar-refractivity contribution in [3.63, 3.8) is 0 Å². The maximum Gasteiger partial charge on any atom is 0.297 e. The molecule has 1 unspecified atom stereocenters. The average Bonchev–Trinajstić information content (AvgIpc) is 2.90. The molecule has 1 N–H and O–H groups in total. The first-order chi connectivity index (χ1) is 7.84. The van der Waals surface area contributed by atoms with Crippen LogP contribution in [0, 0.1) is 0 Å². The van der Waals surface area contributed by atoms with Gasteiger partial charge in [-0.3, -0.25) is 4.57 Å². The van der Waals surface area contributed by atoms with Crippen molar-refractivity contribution >= 4 is 11.0 Å². The van der Waals surface area contributed by atoms with E-state index in [-0.39, 0.29) is 6.10 Å². The Morgan fingerprint density at radius 3 is 3.06 bits per heavy atom. The van der Waals surface area contributed by atoms with Gasteiger partial charge in [-0.2, -0.15) is 4.98 Å². The van der Waals surface area contributed by atoms with E-state index in [1.165, 1.54) is 0 Å². The van der Waals surface area contributed by atoms with Crippen LogP contribution in [-0.2, 0) is 7.05 Å². The summed E-state index contributed by atoms with van der Waals surface area (Å²) in [6.45, 7) is 1.96. The van der Waals surface area contributed by atoms with E-state index in [9.17, 15) is 0 Å². The van der Waals surface area contributed by atoms with Crippen molar-refractivity contribution in [2.24, 2.45) is 7.05 Å². The Kier molecular flexibility index (Phi) is 2.29. The van der Waals surface area contributed by atoms with Crippen molar-refractivity contribution in [2.45, 2.75) is 12.5 Å². The molecule has 0 spiro atoms. The van der Waals surface area contributed by atoms with Gasteiger partial charge in [0.2, 0.25) is 0 Å². The highest BCUT2D eigenvalue weighted by Crippen LogP contribution is 2.21. The summed E-state index contributed by atoms with van der Waals surface area (Å²) in [6.07, 6.45) is 1.32. The molecule has 0 radical (unpaired) electrons. The van der Waals surface area contributed by atoms with E-state index in [1.54, 1.807) is 0 Å². The highest BCUT2D eigenvalue weighted by atomic mass is 16.5. The fourth-order valence-corrected chi connectivity index (χ4v) is 2.11. The molecule has 4 heteroatoms. The minimum absolute atomic E-state index is 0.260. The topological polar surface area (TPSA) is 39.1 Å². The van der Waals surface area contributed by atoms with Crippen LogP contribution in [0.15, 0.2) is 24.3 Å². The van der Waals surface area contributed by atoms with Crippen LogP contribution in [0.25, 0.3) is 11.0 Å². The monoisotopic (exact) mass is 217 g/mol. The fourth-order valence-electron chi connectivity index (χ4n) is 2.11. The molecule has 0 bridgehead atoms. The lowest BCUT2D eigenvalue weighted by Crippen LogP contribution is -2.21. The number of benzene rings is 1. The number of rotatable bonds is 2. The van der Waals surface area contributed by atoms with E-state index in [2.05, 4.69) is 16.4 Å². The molecular weight excluding hydrogens is 202 g/mol. The molecule has 0 amide bonds. The summed E-state index contributed by atoms with van der Waals surface area (Å²) >= 11 is 0. The summed E-state index contributed by atoms with van der Waals surface area (Å²) in [5, 5.41) is 3.28. The number of nitrogens with zero attached hydrogens (tertiary/aromatic N) is 2. The van der Waals surface area contributed by atoms with Gasteiger partial charge in [-0.25, -0.2) is 0 Å². The number of aromatic nitrogens is 2. The van der Waals surface area contributed by atoms with E-state index in [0.717, 1.165) is 36.6 Å². The Morgan fingerprint density at radius 2 is 2.31 bits per heavy atom. The summed E-state index contributed by atoms with van der Waals surface area (Å²) in [7, 11) is 1.99. The van der Waals surface area contributed by atoms with Gasteiger partial charge in [0, 0.05) is 13.6 Å². The summed E-state index contributed by atoms with van der Waals surface area (Å²) < 4.78 is 7.89. The van der Waals surface area contributed by atoms with Crippen LogP contribution in [0.4, 0.5) is 0 Å². The maximum absolute atomic E-state index is 5.88. The average molecular weight is 217 g/mol. The summed E-state index contributed by atoms with van der Waals surface area (Å²) in [6, 6.07) is 8.80. The quantitative estimate of drug-likeness (QED) is 0.824. The third-order valence-electron chi connectivity index (χ3n) is 3.03. The number of nitrogens with one attached hydrogen (secondary N) is 1. The molecule has 1 aromatic heterocycles. The largest absolute Gasteiger partial charge is 0.460 e. The Balaban J connectivity index is 1.94. The third kappa shape index (κ3) is 1.55. The number of aryl methyl sites for hydroxylation is 1. The number of ether oxygens (including phenoxy) is 1. The van der Waals surface area contributed by atoms with Gasteiger partial charge in [0.25, 0.3) is 6.01 Å². The molecule has 0 saturated carbocycles. The van der Waals surface area contributed by atoms with Crippen molar-refractivity contribution < 1.29 is 4.74 Å². The first-order valence-corrected chi connectivity index (χ1v) is 5.63. The summed E-state index contributed by atoms with van der Waals surface area (Å²) in [5.74, 6) is 0. The minimum Gasteiger partial charge on any atom is -0.460 e. The maximum atomic E-state index is 5.88. The lowest BCUT2D eigenvalue weighted by Gasteiger charge is -2.10. The van der Waals surface area contributed by atoms with Crippen LogP contribution in [0.2, 0.25) is 0 Å².